The molecule has 0 saturated heterocycles. The van der Waals surface area contributed by atoms with Gasteiger partial charge in [0.05, 0.1) is 0 Å². The standard InChI is InChI=1S/C8H12F3N3O.ClH/c1-5(12-2)3-6-13-7(15-14-6)4-8(9,10)11;/h5,12H,3-4H2,1-2H3;1H. The summed E-state index contributed by atoms with van der Waals surface area (Å²) in [7, 11) is 1.75. The highest BCUT2D eigenvalue weighted by atomic mass is 35.5. The van der Waals surface area contributed by atoms with Crippen LogP contribution in [0, 0.1) is 0 Å². The van der Waals surface area contributed by atoms with Gasteiger partial charge in [0, 0.05) is 12.5 Å². The van der Waals surface area contributed by atoms with E-state index in [4.69, 9.17) is 0 Å². The number of likely N-dealkylation sites (N-methyl/N-ethyl adjacent to an activating group) is 1. The topological polar surface area (TPSA) is 51.0 Å². The molecule has 94 valence electrons. The Bertz CT molecular complexity index is 316. The first-order chi connectivity index (χ1) is 6.90. The molecule has 0 bridgehead atoms. The van der Waals surface area contributed by atoms with Crippen LogP contribution in [-0.2, 0) is 12.8 Å². The molecule has 0 saturated carbocycles. The van der Waals surface area contributed by atoms with E-state index in [1.165, 1.54) is 0 Å². The molecule has 1 N–H and O–H groups in total. The zero-order chi connectivity index (χ0) is 11.5. The molecule has 8 heteroatoms. The van der Waals surface area contributed by atoms with Gasteiger partial charge in [-0.1, -0.05) is 5.16 Å². The monoisotopic (exact) mass is 259 g/mol. The molecular weight excluding hydrogens is 247 g/mol. The summed E-state index contributed by atoms with van der Waals surface area (Å²) in [5.74, 6) is -0.100. The van der Waals surface area contributed by atoms with Crippen molar-refractivity contribution in [1.82, 2.24) is 15.5 Å². The van der Waals surface area contributed by atoms with Gasteiger partial charge in [-0.15, -0.1) is 12.4 Å². The highest BCUT2D eigenvalue weighted by Gasteiger charge is 2.31. The van der Waals surface area contributed by atoms with Crippen LogP contribution in [0.1, 0.15) is 18.6 Å². The Morgan fingerprint density at radius 3 is 2.56 bits per heavy atom. The fourth-order valence-electron chi connectivity index (χ4n) is 0.992. The Labute approximate surface area is 97.0 Å². The molecule has 1 atom stereocenters. The van der Waals surface area contributed by atoms with Gasteiger partial charge in [0.1, 0.15) is 6.42 Å². The van der Waals surface area contributed by atoms with Crippen LogP contribution in [-0.4, -0.2) is 29.4 Å². The quantitative estimate of drug-likeness (QED) is 0.895. The Morgan fingerprint density at radius 2 is 2.06 bits per heavy atom. The summed E-state index contributed by atoms with van der Waals surface area (Å²) in [6, 6.07) is 0.0985. The van der Waals surface area contributed by atoms with Crippen LogP contribution in [0.15, 0.2) is 4.52 Å². The molecule has 0 spiro atoms. The van der Waals surface area contributed by atoms with E-state index in [2.05, 4.69) is 20.0 Å². The van der Waals surface area contributed by atoms with Crippen LogP contribution < -0.4 is 5.32 Å². The van der Waals surface area contributed by atoms with E-state index in [1.807, 2.05) is 6.92 Å². The van der Waals surface area contributed by atoms with Crippen LogP contribution in [0.4, 0.5) is 13.2 Å². The Morgan fingerprint density at radius 1 is 1.44 bits per heavy atom. The molecule has 0 fully saturated rings. The molecule has 0 aromatic carbocycles. The molecule has 1 unspecified atom stereocenters. The van der Waals surface area contributed by atoms with Gasteiger partial charge in [-0.25, -0.2) is 0 Å². The lowest BCUT2D eigenvalue weighted by Crippen LogP contribution is -2.24. The molecule has 0 aliphatic carbocycles. The van der Waals surface area contributed by atoms with Gasteiger partial charge in [-0.3, -0.25) is 0 Å². The maximum Gasteiger partial charge on any atom is 0.397 e. The summed E-state index contributed by atoms with van der Waals surface area (Å²) < 4.78 is 40.3. The highest BCUT2D eigenvalue weighted by molar-refractivity contribution is 5.85. The molecule has 1 rings (SSSR count). The first kappa shape index (κ1) is 15.2. The molecule has 1 aromatic rings. The van der Waals surface area contributed by atoms with Crippen molar-refractivity contribution in [3.63, 3.8) is 0 Å². The summed E-state index contributed by atoms with van der Waals surface area (Å²) >= 11 is 0. The molecule has 0 radical (unpaired) electrons. The second-order valence-corrected chi connectivity index (χ2v) is 3.29. The van der Waals surface area contributed by atoms with Crippen molar-refractivity contribution >= 4 is 12.4 Å². The van der Waals surface area contributed by atoms with Gasteiger partial charge < -0.3 is 9.84 Å². The third kappa shape index (κ3) is 5.32. The van der Waals surface area contributed by atoms with Gasteiger partial charge in [0.2, 0.25) is 5.89 Å². The van der Waals surface area contributed by atoms with Crippen molar-refractivity contribution in [1.29, 1.82) is 0 Å². The minimum absolute atomic E-state index is 0. The van der Waals surface area contributed by atoms with Gasteiger partial charge in [0.15, 0.2) is 5.82 Å². The molecule has 0 aliphatic rings. The van der Waals surface area contributed by atoms with Crippen LogP contribution in [0.3, 0.4) is 0 Å². The molecule has 1 aromatic heterocycles. The number of hydrogen-bond donors (Lipinski definition) is 1. The van der Waals surface area contributed by atoms with E-state index in [-0.39, 0.29) is 30.2 Å². The van der Waals surface area contributed by atoms with Gasteiger partial charge in [0.25, 0.3) is 0 Å². The van der Waals surface area contributed by atoms with Gasteiger partial charge >= 0.3 is 6.18 Å². The second-order valence-electron chi connectivity index (χ2n) is 3.29. The predicted octanol–water partition coefficient (Wildman–Crippen LogP) is 1.75. The number of alkyl halides is 3. The van der Waals surface area contributed by atoms with E-state index in [0.717, 1.165) is 0 Å². The Kier molecular flexibility index (Phi) is 5.74. The zero-order valence-corrected chi connectivity index (χ0v) is 9.65. The van der Waals surface area contributed by atoms with E-state index < -0.39 is 12.6 Å². The molecule has 0 amide bonds. The predicted molar refractivity (Wildman–Crippen MR) is 53.5 cm³/mol. The minimum atomic E-state index is -4.31. The number of nitrogens with zero attached hydrogens (tertiary/aromatic N) is 2. The molecule has 4 nitrogen and oxygen atoms in total. The SMILES string of the molecule is CNC(C)Cc1noc(CC(F)(F)F)n1.Cl. The smallest absolute Gasteiger partial charge is 0.339 e. The zero-order valence-electron chi connectivity index (χ0n) is 8.84. The summed E-state index contributed by atoms with van der Waals surface area (Å²) in [5, 5.41) is 6.39. The van der Waals surface area contributed by atoms with Crippen LogP contribution >= 0.6 is 12.4 Å². The molecule has 0 aliphatic heterocycles. The first-order valence-corrected chi connectivity index (χ1v) is 4.46. The lowest BCUT2D eigenvalue weighted by molar-refractivity contribution is -0.131. The van der Waals surface area contributed by atoms with E-state index >= 15 is 0 Å². The molecule has 1 heterocycles. The Hall–Kier alpha value is -0.820. The number of rotatable bonds is 4. The largest absolute Gasteiger partial charge is 0.397 e. The summed E-state index contributed by atoms with van der Waals surface area (Å²) in [5.41, 5.74) is 0. The maximum absolute atomic E-state index is 11.9. The van der Waals surface area contributed by atoms with Crippen molar-refractivity contribution in [2.45, 2.75) is 32.0 Å². The van der Waals surface area contributed by atoms with E-state index in [1.54, 1.807) is 7.05 Å². The van der Waals surface area contributed by atoms with Crippen molar-refractivity contribution in [2.75, 3.05) is 7.05 Å². The molecule has 16 heavy (non-hydrogen) atoms. The number of nitrogens with one attached hydrogen (secondary N) is 1. The highest BCUT2D eigenvalue weighted by Crippen LogP contribution is 2.20. The molecular formula is C8H13ClF3N3O. The maximum atomic E-state index is 11.9. The van der Waals surface area contributed by atoms with E-state index in [9.17, 15) is 13.2 Å². The fraction of sp³-hybridized carbons (Fsp3) is 0.750. The van der Waals surface area contributed by atoms with Gasteiger partial charge in [-0.05, 0) is 14.0 Å². The fourth-order valence-corrected chi connectivity index (χ4v) is 0.992. The van der Waals surface area contributed by atoms with Crippen molar-refractivity contribution in [2.24, 2.45) is 0 Å². The number of aromatic nitrogens is 2. The minimum Gasteiger partial charge on any atom is -0.339 e. The summed E-state index contributed by atoms with van der Waals surface area (Å²) in [6.45, 7) is 1.87. The van der Waals surface area contributed by atoms with Crippen LogP contribution in [0.5, 0.6) is 0 Å². The average Bonchev–Trinajstić information content (AvgIpc) is 2.49. The average molecular weight is 260 g/mol. The van der Waals surface area contributed by atoms with E-state index in [0.29, 0.717) is 6.42 Å². The lowest BCUT2D eigenvalue weighted by atomic mass is 10.2. The lowest BCUT2D eigenvalue weighted by Gasteiger charge is -2.04. The second kappa shape index (κ2) is 6.05. The van der Waals surface area contributed by atoms with Crippen molar-refractivity contribution in [3.8, 4) is 0 Å². The Balaban J connectivity index is 0.00000225. The van der Waals surface area contributed by atoms with Crippen molar-refractivity contribution < 1.29 is 17.7 Å². The van der Waals surface area contributed by atoms with Crippen LogP contribution in [0.2, 0.25) is 0 Å². The van der Waals surface area contributed by atoms with Gasteiger partial charge in [-0.2, -0.15) is 18.2 Å². The number of hydrogen-bond acceptors (Lipinski definition) is 4. The summed E-state index contributed by atoms with van der Waals surface area (Å²) in [4.78, 5) is 3.65. The first-order valence-electron chi connectivity index (χ1n) is 4.46. The van der Waals surface area contributed by atoms with Crippen molar-refractivity contribution in [3.05, 3.63) is 11.7 Å². The summed E-state index contributed by atoms with van der Waals surface area (Å²) in [6.07, 6.45) is -5.04. The number of halogens is 4. The third-order valence-electron chi connectivity index (χ3n) is 1.84. The third-order valence-corrected chi connectivity index (χ3v) is 1.84. The normalized spacial score (nSPS) is 13.3. The van der Waals surface area contributed by atoms with Crippen LogP contribution in [0.25, 0.3) is 0 Å².